The summed E-state index contributed by atoms with van der Waals surface area (Å²) in [6.45, 7) is 0. The lowest BCUT2D eigenvalue weighted by Gasteiger charge is -1.94. The molecular weight excluding hydrogens is 208 g/mol. The van der Waals surface area contributed by atoms with Crippen LogP contribution in [0.15, 0.2) is 21.9 Å². The molecule has 0 fully saturated rings. The first-order valence-electron chi connectivity index (χ1n) is 4.41. The molecule has 0 N–H and O–H groups in total. The molecule has 0 radical (unpaired) electrons. The first-order valence-corrected chi connectivity index (χ1v) is 5.31. The lowest BCUT2D eigenvalue weighted by atomic mass is 10.1. The van der Waals surface area contributed by atoms with Gasteiger partial charge in [-0.1, -0.05) is 0 Å². The average molecular weight is 216 g/mol. The molecule has 0 aromatic heterocycles. The van der Waals surface area contributed by atoms with Crippen LogP contribution in [0.2, 0.25) is 0 Å². The van der Waals surface area contributed by atoms with Crippen molar-refractivity contribution in [2.75, 3.05) is 0 Å². The minimum absolute atomic E-state index is 1.03. The molecule has 0 spiro atoms. The molecule has 0 heterocycles. The maximum absolute atomic E-state index is 4.34. The SMILES string of the molecule is SC1=Cc2cc3c(cc2=C1)C=C(S)C=3. The van der Waals surface area contributed by atoms with Crippen LogP contribution in [0.5, 0.6) is 0 Å². The molecule has 0 bridgehead atoms. The quantitative estimate of drug-likeness (QED) is 0.607. The number of allylic oxidation sites excluding steroid dienone is 2. The van der Waals surface area contributed by atoms with Crippen molar-refractivity contribution in [3.63, 3.8) is 0 Å². The molecule has 1 aromatic carbocycles. The van der Waals surface area contributed by atoms with Gasteiger partial charge in [-0.25, -0.2) is 0 Å². The van der Waals surface area contributed by atoms with Gasteiger partial charge in [0.1, 0.15) is 0 Å². The Morgan fingerprint density at radius 2 is 1.07 bits per heavy atom. The van der Waals surface area contributed by atoms with Crippen LogP contribution in [0, 0.1) is 0 Å². The van der Waals surface area contributed by atoms with Gasteiger partial charge in [-0.2, -0.15) is 0 Å². The Morgan fingerprint density at radius 3 is 1.50 bits per heavy atom. The third-order valence-electron chi connectivity index (χ3n) is 2.50. The molecule has 0 atom stereocenters. The second-order valence-electron chi connectivity index (χ2n) is 3.54. The molecule has 3 rings (SSSR count). The molecule has 14 heavy (non-hydrogen) atoms. The van der Waals surface area contributed by atoms with Crippen molar-refractivity contribution < 1.29 is 0 Å². The second kappa shape index (κ2) is 2.81. The van der Waals surface area contributed by atoms with Crippen molar-refractivity contribution in [1.29, 1.82) is 0 Å². The minimum atomic E-state index is 1.03. The zero-order chi connectivity index (χ0) is 9.71. The highest BCUT2D eigenvalue weighted by molar-refractivity contribution is 7.85. The topological polar surface area (TPSA) is 0 Å². The molecule has 2 aliphatic rings. The van der Waals surface area contributed by atoms with E-state index >= 15 is 0 Å². The fraction of sp³-hybridized carbons (Fsp3) is 0. The minimum Gasteiger partial charge on any atom is -0.143 e. The fourth-order valence-corrected chi connectivity index (χ4v) is 2.45. The number of benzene rings is 1. The number of hydrogen-bond acceptors (Lipinski definition) is 2. The lowest BCUT2D eigenvalue weighted by Crippen LogP contribution is -2.12. The normalized spacial score (nSPS) is 16.4. The molecule has 0 aliphatic heterocycles. The molecular formula is C12H8S2. The Bertz CT molecular complexity index is 548. The fourth-order valence-electron chi connectivity index (χ4n) is 1.89. The first-order chi connectivity index (χ1) is 6.72. The van der Waals surface area contributed by atoms with E-state index in [4.69, 9.17) is 0 Å². The standard InChI is InChI=1S/C12H8S2/c13-11-3-7-1-8-4-12(14)6-10(8)2-9(7)5-11/h1-6,13-14H. The lowest BCUT2D eigenvalue weighted by molar-refractivity contribution is 1.51. The summed E-state index contributed by atoms with van der Waals surface area (Å²) < 4.78 is 0. The highest BCUT2D eigenvalue weighted by atomic mass is 32.1. The van der Waals surface area contributed by atoms with E-state index in [9.17, 15) is 0 Å². The van der Waals surface area contributed by atoms with Crippen molar-refractivity contribution in [2.24, 2.45) is 0 Å². The van der Waals surface area contributed by atoms with E-state index < -0.39 is 0 Å². The van der Waals surface area contributed by atoms with Crippen LogP contribution in [0.4, 0.5) is 0 Å². The summed E-state index contributed by atoms with van der Waals surface area (Å²) in [6.07, 6.45) is 8.35. The van der Waals surface area contributed by atoms with Crippen LogP contribution < -0.4 is 10.4 Å². The monoisotopic (exact) mass is 216 g/mol. The van der Waals surface area contributed by atoms with Gasteiger partial charge in [-0.05, 0) is 58.0 Å². The summed E-state index contributed by atoms with van der Waals surface area (Å²) in [4.78, 5) is 2.05. The van der Waals surface area contributed by atoms with Crippen molar-refractivity contribution in [2.45, 2.75) is 0 Å². The summed E-state index contributed by atoms with van der Waals surface area (Å²) in [5.74, 6) is 0. The predicted molar refractivity (Wildman–Crippen MR) is 68.5 cm³/mol. The maximum Gasteiger partial charge on any atom is 0.00523 e. The van der Waals surface area contributed by atoms with Crippen LogP contribution in [-0.4, -0.2) is 0 Å². The van der Waals surface area contributed by atoms with Gasteiger partial charge in [0.2, 0.25) is 0 Å². The van der Waals surface area contributed by atoms with Crippen molar-refractivity contribution >= 4 is 49.6 Å². The largest absolute Gasteiger partial charge is 0.143 e. The van der Waals surface area contributed by atoms with Crippen LogP contribution in [-0.2, 0) is 0 Å². The van der Waals surface area contributed by atoms with Crippen molar-refractivity contribution in [3.8, 4) is 0 Å². The van der Waals surface area contributed by atoms with E-state index in [1.807, 2.05) is 0 Å². The maximum atomic E-state index is 4.34. The Hall–Kier alpha value is -0.860. The van der Waals surface area contributed by atoms with E-state index in [2.05, 4.69) is 61.7 Å². The molecule has 0 saturated carbocycles. The van der Waals surface area contributed by atoms with Gasteiger partial charge in [0.25, 0.3) is 0 Å². The Kier molecular flexibility index (Phi) is 1.70. The predicted octanol–water partition coefficient (Wildman–Crippen LogP) is 1.82. The smallest absolute Gasteiger partial charge is 0.00523 e. The second-order valence-corrected chi connectivity index (χ2v) is 4.57. The van der Waals surface area contributed by atoms with Gasteiger partial charge >= 0.3 is 0 Å². The van der Waals surface area contributed by atoms with Crippen LogP contribution in [0.25, 0.3) is 24.3 Å². The molecule has 0 saturated heterocycles. The summed E-state index contributed by atoms with van der Waals surface area (Å²) in [7, 11) is 0. The Morgan fingerprint density at radius 1 is 0.643 bits per heavy atom. The molecule has 2 heteroatoms. The molecule has 68 valence electrons. The molecule has 0 amide bonds. The summed E-state index contributed by atoms with van der Waals surface area (Å²) >= 11 is 8.67. The number of hydrogen-bond donors (Lipinski definition) is 2. The van der Waals surface area contributed by atoms with Gasteiger partial charge in [-0.3, -0.25) is 0 Å². The highest BCUT2D eigenvalue weighted by Crippen LogP contribution is 2.17. The van der Waals surface area contributed by atoms with Crippen LogP contribution >= 0.6 is 25.3 Å². The van der Waals surface area contributed by atoms with Gasteiger partial charge in [0, 0.05) is 9.81 Å². The number of thiol groups is 2. The molecule has 1 aromatic rings. The third-order valence-corrected chi connectivity index (χ3v) is 3.02. The van der Waals surface area contributed by atoms with E-state index in [1.54, 1.807) is 0 Å². The van der Waals surface area contributed by atoms with Gasteiger partial charge in [-0.15, -0.1) is 25.3 Å². The van der Waals surface area contributed by atoms with Gasteiger partial charge < -0.3 is 0 Å². The van der Waals surface area contributed by atoms with E-state index in [0.717, 1.165) is 9.81 Å². The van der Waals surface area contributed by atoms with E-state index in [-0.39, 0.29) is 0 Å². The summed E-state index contributed by atoms with van der Waals surface area (Å²) in [5.41, 5.74) is 2.50. The molecule has 2 aliphatic carbocycles. The van der Waals surface area contributed by atoms with E-state index in [0.29, 0.717) is 0 Å². The average Bonchev–Trinajstić information content (AvgIpc) is 2.59. The van der Waals surface area contributed by atoms with Crippen LogP contribution in [0.3, 0.4) is 0 Å². The van der Waals surface area contributed by atoms with Crippen molar-refractivity contribution in [3.05, 3.63) is 43.5 Å². The van der Waals surface area contributed by atoms with Gasteiger partial charge in [0.15, 0.2) is 0 Å². The van der Waals surface area contributed by atoms with Crippen LogP contribution in [0.1, 0.15) is 11.1 Å². The Labute approximate surface area is 93.2 Å². The number of fused-ring (bicyclic) bond motifs is 2. The summed E-state index contributed by atoms with van der Waals surface area (Å²) in [6, 6.07) is 4.37. The zero-order valence-electron chi connectivity index (χ0n) is 7.36. The molecule has 0 nitrogen and oxygen atoms in total. The number of rotatable bonds is 0. The third kappa shape index (κ3) is 1.18. The Balaban J connectivity index is 2.36. The van der Waals surface area contributed by atoms with E-state index in [1.165, 1.54) is 21.6 Å². The zero-order valence-corrected chi connectivity index (χ0v) is 9.15. The van der Waals surface area contributed by atoms with Gasteiger partial charge in [0.05, 0.1) is 0 Å². The molecule has 0 unspecified atom stereocenters. The summed E-state index contributed by atoms with van der Waals surface area (Å²) in [5, 5.41) is 2.50. The first kappa shape index (κ1) is 8.45. The highest BCUT2D eigenvalue weighted by Gasteiger charge is 2.07. The van der Waals surface area contributed by atoms with Crippen molar-refractivity contribution in [1.82, 2.24) is 0 Å².